The summed E-state index contributed by atoms with van der Waals surface area (Å²) in [4.78, 5) is 20.6. The Morgan fingerprint density at radius 3 is 2.62 bits per heavy atom. The van der Waals surface area contributed by atoms with E-state index in [1.165, 1.54) is 5.56 Å². The molecule has 1 aromatic rings. The summed E-state index contributed by atoms with van der Waals surface area (Å²) in [7, 11) is 0. The molecule has 0 aromatic carbocycles. The van der Waals surface area contributed by atoms with Crippen LogP contribution in [0.1, 0.15) is 38.3 Å². The van der Waals surface area contributed by atoms with Crippen LogP contribution in [-0.2, 0) is 4.79 Å². The quantitative estimate of drug-likeness (QED) is 0.891. The Kier molecular flexibility index (Phi) is 5.70. The lowest BCUT2D eigenvalue weighted by Gasteiger charge is -2.38. The first kappa shape index (κ1) is 15.9. The van der Waals surface area contributed by atoms with Crippen molar-refractivity contribution in [2.24, 2.45) is 5.73 Å². The van der Waals surface area contributed by atoms with E-state index in [1.807, 2.05) is 24.1 Å². The Bertz CT molecular complexity index is 441. The van der Waals surface area contributed by atoms with Crippen LogP contribution in [0.2, 0.25) is 0 Å². The first-order valence-corrected chi connectivity index (χ1v) is 7.75. The highest BCUT2D eigenvalue weighted by Gasteiger charge is 2.24. The first-order valence-electron chi connectivity index (χ1n) is 7.75. The van der Waals surface area contributed by atoms with Crippen molar-refractivity contribution in [3.05, 3.63) is 30.1 Å². The average molecular weight is 290 g/mol. The normalized spacial score (nSPS) is 19.3. The van der Waals surface area contributed by atoms with E-state index in [4.69, 9.17) is 5.73 Å². The molecule has 0 saturated carbocycles. The van der Waals surface area contributed by atoms with Gasteiger partial charge < -0.3 is 10.6 Å². The van der Waals surface area contributed by atoms with Crippen molar-refractivity contribution in [1.29, 1.82) is 0 Å². The summed E-state index contributed by atoms with van der Waals surface area (Å²) in [6.07, 6.45) is 5.05. The fraction of sp³-hybridized carbons (Fsp3) is 0.625. The molecule has 5 heteroatoms. The van der Waals surface area contributed by atoms with Crippen molar-refractivity contribution in [3.63, 3.8) is 0 Å². The summed E-state index contributed by atoms with van der Waals surface area (Å²) >= 11 is 0. The molecule has 1 fully saturated rings. The Balaban J connectivity index is 1.81. The van der Waals surface area contributed by atoms with Gasteiger partial charge in [0.05, 0.1) is 0 Å². The number of rotatable bonds is 5. The van der Waals surface area contributed by atoms with Gasteiger partial charge in [-0.25, -0.2) is 0 Å². The van der Waals surface area contributed by atoms with Gasteiger partial charge in [-0.15, -0.1) is 0 Å². The number of hydrogen-bond acceptors (Lipinski definition) is 4. The van der Waals surface area contributed by atoms with E-state index in [-0.39, 0.29) is 11.9 Å². The number of hydrogen-bond donors (Lipinski definition) is 1. The van der Waals surface area contributed by atoms with Crippen molar-refractivity contribution in [1.82, 2.24) is 14.8 Å². The molecule has 1 aromatic heterocycles. The molecule has 1 saturated heterocycles. The number of carbonyl (C=O) groups is 1. The molecule has 2 rings (SSSR count). The van der Waals surface area contributed by atoms with E-state index in [0.29, 0.717) is 12.5 Å². The van der Waals surface area contributed by atoms with Crippen LogP contribution in [0, 0.1) is 0 Å². The average Bonchev–Trinajstić information content (AvgIpc) is 2.53. The van der Waals surface area contributed by atoms with Gasteiger partial charge in [0.2, 0.25) is 5.91 Å². The van der Waals surface area contributed by atoms with E-state index >= 15 is 0 Å². The van der Waals surface area contributed by atoms with Crippen LogP contribution >= 0.6 is 0 Å². The van der Waals surface area contributed by atoms with Crippen LogP contribution < -0.4 is 5.73 Å². The van der Waals surface area contributed by atoms with Gasteiger partial charge in [0.25, 0.3) is 0 Å². The van der Waals surface area contributed by atoms with Gasteiger partial charge in [-0.05, 0) is 31.9 Å². The molecular weight excluding hydrogens is 264 g/mol. The standard InChI is InChI=1S/C16H26N4O/c1-13(17)5-6-16(21)20-10-8-19(9-11-20)14(2)15-4-3-7-18-12-15/h3-4,7,12-14H,5-6,8-11,17H2,1-2H3. The molecule has 21 heavy (non-hydrogen) atoms. The summed E-state index contributed by atoms with van der Waals surface area (Å²) in [5, 5.41) is 0. The maximum atomic E-state index is 12.1. The van der Waals surface area contributed by atoms with Crippen LogP contribution in [0.5, 0.6) is 0 Å². The molecule has 0 aliphatic carbocycles. The maximum absolute atomic E-state index is 12.1. The minimum atomic E-state index is 0.0980. The molecule has 2 unspecified atom stereocenters. The molecular formula is C16H26N4O. The van der Waals surface area contributed by atoms with Gasteiger partial charge >= 0.3 is 0 Å². The minimum absolute atomic E-state index is 0.0980. The second-order valence-electron chi connectivity index (χ2n) is 5.90. The minimum Gasteiger partial charge on any atom is -0.340 e. The molecule has 116 valence electrons. The highest BCUT2D eigenvalue weighted by molar-refractivity contribution is 5.76. The van der Waals surface area contributed by atoms with Crippen LogP contribution in [0.25, 0.3) is 0 Å². The third-order valence-electron chi connectivity index (χ3n) is 4.20. The lowest BCUT2D eigenvalue weighted by molar-refractivity contribution is -0.133. The molecule has 2 N–H and O–H groups in total. The van der Waals surface area contributed by atoms with Gasteiger partial charge in [-0.2, -0.15) is 0 Å². The third-order valence-corrected chi connectivity index (χ3v) is 4.20. The molecule has 2 atom stereocenters. The van der Waals surface area contributed by atoms with Gasteiger partial charge in [-0.3, -0.25) is 14.7 Å². The van der Waals surface area contributed by atoms with Gasteiger partial charge in [0.1, 0.15) is 0 Å². The van der Waals surface area contributed by atoms with Gasteiger partial charge in [0.15, 0.2) is 0 Å². The van der Waals surface area contributed by atoms with E-state index in [1.54, 1.807) is 6.20 Å². The molecule has 5 nitrogen and oxygen atoms in total. The van der Waals surface area contributed by atoms with E-state index < -0.39 is 0 Å². The van der Waals surface area contributed by atoms with E-state index in [2.05, 4.69) is 22.9 Å². The zero-order chi connectivity index (χ0) is 15.2. The number of piperazine rings is 1. The second-order valence-corrected chi connectivity index (χ2v) is 5.90. The predicted molar refractivity (Wildman–Crippen MR) is 83.7 cm³/mol. The fourth-order valence-electron chi connectivity index (χ4n) is 2.70. The van der Waals surface area contributed by atoms with Crippen LogP contribution in [-0.4, -0.2) is 52.9 Å². The second kappa shape index (κ2) is 7.52. The van der Waals surface area contributed by atoms with Gasteiger partial charge in [-0.1, -0.05) is 6.07 Å². The van der Waals surface area contributed by atoms with Crippen molar-refractivity contribution in [2.45, 2.75) is 38.8 Å². The monoisotopic (exact) mass is 290 g/mol. The highest BCUT2D eigenvalue weighted by atomic mass is 16.2. The summed E-state index contributed by atoms with van der Waals surface area (Å²) in [5.41, 5.74) is 6.94. The Morgan fingerprint density at radius 2 is 2.05 bits per heavy atom. The van der Waals surface area contributed by atoms with Gasteiger partial charge in [0, 0.05) is 57.1 Å². The Morgan fingerprint density at radius 1 is 1.33 bits per heavy atom. The number of nitrogens with zero attached hydrogens (tertiary/aromatic N) is 3. The van der Waals surface area contributed by atoms with Crippen molar-refractivity contribution in [3.8, 4) is 0 Å². The van der Waals surface area contributed by atoms with Crippen LogP contribution in [0.4, 0.5) is 0 Å². The lowest BCUT2D eigenvalue weighted by Crippen LogP contribution is -2.49. The molecule has 0 bridgehead atoms. The van der Waals surface area contributed by atoms with Crippen LogP contribution in [0.3, 0.4) is 0 Å². The Labute approximate surface area is 127 Å². The SMILES string of the molecule is CC(N)CCC(=O)N1CCN(C(C)c2cccnc2)CC1. The van der Waals surface area contributed by atoms with Crippen molar-refractivity contribution >= 4 is 5.91 Å². The number of carbonyl (C=O) groups excluding carboxylic acids is 1. The number of pyridine rings is 1. The lowest BCUT2D eigenvalue weighted by atomic mass is 10.1. The fourth-order valence-corrected chi connectivity index (χ4v) is 2.70. The third kappa shape index (κ3) is 4.51. The van der Waals surface area contributed by atoms with Crippen molar-refractivity contribution < 1.29 is 4.79 Å². The summed E-state index contributed by atoms with van der Waals surface area (Å²) in [6.45, 7) is 7.59. The molecule has 2 heterocycles. The zero-order valence-electron chi connectivity index (χ0n) is 13.0. The Hall–Kier alpha value is -1.46. The summed E-state index contributed by atoms with van der Waals surface area (Å²) < 4.78 is 0. The molecule has 1 aliphatic heterocycles. The summed E-state index contributed by atoms with van der Waals surface area (Å²) in [5.74, 6) is 0.237. The van der Waals surface area contributed by atoms with E-state index in [0.717, 1.165) is 32.6 Å². The molecule has 1 amide bonds. The van der Waals surface area contributed by atoms with Crippen LogP contribution in [0.15, 0.2) is 24.5 Å². The number of nitrogens with two attached hydrogens (primary N) is 1. The molecule has 0 spiro atoms. The summed E-state index contributed by atoms with van der Waals surface area (Å²) in [6, 6.07) is 4.53. The predicted octanol–water partition coefficient (Wildman–Crippen LogP) is 1.41. The largest absolute Gasteiger partial charge is 0.340 e. The topological polar surface area (TPSA) is 62.5 Å². The zero-order valence-corrected chi connectivity index (χ0v) is 13.0. The number of aromatic nitrogens is 1. The molecule has 0 radical (unpaired) electrons. The van der Waals surface area contributed by atoms with E-state index in [9.17, 15) is 4.79 Å². The first-order chi connectivity index (χ1) is 10.1. The maximum Gasteiger partial charge on any atom is 0.222 e. The smallest absolute Gasteiger partial charge is 0.222 e. The van der Waals surface area contributed by atoms with Crippen molar-refractivity contribution in [2.75, 3.05) is 26.2 Å². The highest BCUT2D eigenvalue weighted by Crippen LogP contribution is 2.20. The number of amides is 1. The molecule has 1 aliphatic rings.